The van der Waals surface area contributed by atoms with Crippen LogP contribution in [0, 0.1) is 0 Å². The van der Waals surface area contributed by atoms with Crippen LogP contribution in [-0.2, 0) is 0 Å². The third kappa shape index (κ3) is 1.93. The van der Waals surface area contributed by atoms with Gasteiger partial charge in [-0.15, -0.1) is 0 Å². The predicted molar refractivity (Wildman–Crippen MR) is 75.4 cm³/mol. The van der Waals surface area contributed by atoms with Gasteiger partial charge in [-0.3, -0.25) is 9.78 Å². The second kappa shape index (κ2) is 4.28. The number of rotatable bonds is 2. The number of fused-ring (bicyclic) bond motifs is 3. The molecule has 2 bridgehead atoms. The van der Waals surface area contributed by atoms with E-state index in [9.17, 15) is 4.79 Å². The van der Waals surface area contributed by atoms with Gasteiger partial charge in [0.25, 0.3) is 5.91 Å². The summed E-state index contributed by atoms with van der Waals surface area (Å²) >= 11 is 1.63. The Morgan fingerprint density at radius 3 is 3.05 bits per heavy atom. The van der Waals surface area contributed by atoms with E-state index in [1.807, 2.05) is 16.8 Å². The molecule has 2 aliphatic heterocycles. The molecule has 3 atom stereocenters. The molecule has 1 amide bonds. The lowest BCUT2D eigenvalue weighted by Crippen LogP contribution is -2.43. The maximum absolute atomic E-state index is 12.2. The molecule has 2 N–H and O–H groups in total. The summed E-state index contributed by atoms with van der Waals surface area (Å²) in [6.07, 6.45) is 5.25. The molecule has 2 aromatic rings. The van der Waals surface area contributed by atoms with Crippen molar-refractivity contribution in [3.05, 3.63) is 28.7 Å². The molecule has 2 saturated heterocycles. The van der Waals surface area contributed by atoms with Gasteiger partial charge in [-0.05, 0) is 36.1 Å². The molecule has 4 rings (SSSR count). The standard InChI is InChI=1S/C14H15N3OS/c18-14(17-12-4-10-1-2-11(12)16-10)13-3-8-6-19-7-9(8)5-15-13/h3,5-7,10-12,16H,1-2,4H2,(H,17,18)/t10?,11?,12-/m1/s1. The van der Waals surface area contributed by atoms with Gasteiger partial charge in [-0.1, -0.05) is 0 Å². The zero-order valence-electron chi connectivity index (χ0n) is 10.4. The number of amides is 1. The molecule has 2 unspecified atom stereocenters. The number of nitrogens with zero attached hydrogens (tertiary/aromatic N) is 1. The van der Waals surface area contributed by atoms with Crippen LogP contribution in [0.4, 0.5) is 0 Å². The lowest BCUT2D eigenvalue weighted by Gasteiger charge is -2.21. The van der Waals surface area contributed by atoms with Gasteiger partial charge in [0.1, 0.15) is 5.69 Å². The largest absolute Gasteiger partial charge is 0.346 e. The van der Waals surface area contributed by atoms with Crippen LogP contribution in [0.2, 0.25) is 0 Å². The molecule has 0 aliphatic carbocycles. The summed E-state index contributed by atoms with van der Waals surface area (Å²) in [7, 11) is 0. The molecule has 98 valence electrons. The van der Waals surface area contributed by atoms with Crippen molar-refractivity contribution in [1.29, 1.82) is 0 Å². The summed E-state index contributed by atoms with van der Waals surface area (Å²) in [5.74, 6) is -0.0487. The fourth-order valence-corrected chi connectivity index (χ4v) is 3.98. The Hall–Kier alpha value is -1.46. The monoisotopic (exact) mass is 273 g/mol. The van der Waals surface area contributed by atoms with Crippen molar-refractivity contribution in [2.75, 3.05) is 0 Å². The van der Waals surface area contributed by atoms with Crippen LogP contribution in [0.3, 0.4) is 0 Å². The first-order valence-electron chi connectivity index (χ1n) is 6.68. The van der Waals surface area contributed by atoms with E-state index < -0.39 is 0 Å². The van der Waals surface area contributed by atoms with E-state index in [2.05, 4.69) is 15.6 Å². The van der Waals surface area contributed by atoms with Crippen molar-refractivity contribution in [3.8, 4) is 0 Å². The fraction of sp³-hybridized carbons (Fsp3) is 0.429. The van der Waals surface area contributed by atoms with Gasteiger partial charge in [-0.2, -0.15) is 11.3 Å². The summed E-state index contributed by atoms with van der Waals surface area (Å²) in [5, 5.41) is 12.9. The van der Waals surface area contributed by atoms with Crippen LogP contribution in [-0.4, -0.2) is 29.0 Å². The van der Waals surface area contributed by atoms with Gasteiger partial charge >= 0.3 is 0 Å². The highest BCUT2D eigenvalue weighted by atomic mass is 32.1. The normalized spacial score (nSPS) is 28.9. The smallest absolute Gasteiger partial charge is 0.270 e. The molecule has 2 fully saturated rings. The summed E-state index contributed by atoms with van der Waals surface area (Å²) in [5.41, 5.74) is 0.522. The molecule has 2 aliphatic rings. The molecule has 5 heteroatoms. The number of aromatic nitrogens is 1. The first-order valence-corrected chi connectivity index (χ1v) is 7.63. The number of nitrogens with one attached hydrogen (secondary N) is 2. The first kappa shape index (κ1) is 11.4. The van der Waals surface area contributed by atoms with E-state index in [1.165, 1.54) is 12.8 Å². The first-order chi connectivity index (χ1) is 9.29. The van der Waals surface area contributed by atoms with Crippen LogP contribution >= 0.6 is 11.3 Å². The molecule has 0 aromatic carbocycles. The summed E-state index contributed by atoms with van der Waals surface area (Å²) in [6.45, 7) is 0. The van der Waals surface area contributed by atoms with Crippen LogP contribution < -0.4 is 10.6 Å². The number of carbonyl (C=O) groups is 1. The van der Waals surface area contributed by atoms with Crippen molar-refractivity contribution >= 4 is 28.0 Å². The lowest BCUT2D eigenvalue weighted by atomic mass is 9.95. The van der Waals surface area contributed by atoms with E-state index in [0.717, 1.165) is 17.2 Å². The Labute approximate surface area is 115 Å². The minimum Gasteiger partial charge on any atom is -0.346 e. The molecular weight excluding hydrogens is 258 g/mol. The number of pyridine rings is 1. The van der Waals surface area contributed by atoms with E-state index >= 15 is 0 Å². The van der Waals surface area contributed by atoms with E-state index in [4.69, 9.17) is 0 Å². The topological polar surface area (TPSA) is 54.0 Å². The highest BCUT2D eigenvalue weighted by Crippen LogP contribution is 2.28. The van der Waals surface area contributed by atoms with Crippen molar-refractivity contribution in [2.24, 2.45) is 0 Å². The quantitative estimate of drug-likeness (QED) is 0.879. The molecule has 19 heavy (non-hydrogen) atoms. The number of hydrogen-bond acceptors (Lipinski definition) is 4. The number of hydrogen-bond donors (Lipinski definition) is 2. The van der Waals surface area contributed by atoms with Crippen molar-refractivity contribution in [3.63, 3.8) is 0 Å². The minimum atomic E-state index is -0.0487. The average molecular weight is 273 g/mol. The van der Waals surface area contributed by atoms with Crippen LogP contribution in [0.25, 0.3) is 10.8 Å². The summed E-state index contributed by atoms with van der Waals surface area (Å²) in [6, 6.07) is 3.20. The Morgan fingerprint density at radius 2 is 2.26 bits per heavy atom. The zero-order valence-corrected chi connectivity index (χ0v) is 11.2. The third-order valence-corrected chi connectivity index (χ3v) is 4.99. The minimum absolute atomic E-state index is 0.0487. The van der Waals surface area contributed by atoms with Crippen molar-refractivity contribution < 1.29 is 4.79 Å². The second-order valence-electron chi connectivity index (χ2n) is 5.43. The van der Waals surface area contributed by atoms with Crippen molar-refractivity contribution in [1.82, 2.24) is 15.6 Å². The molecule has 0 saturated carbocycles. The zero-order chi connectivity index (χ0) is 12.8. The maximum atomic E-state index is 12.2. The molecule has 2 aromatic heterocycles. The van der Waals surface area contributed by atoms with Gasteiger partial charge in [0.2, 0.25) is 0 Å². The molecule has 4 heterocycles. The second-order valence-corrected chi connectivity index (χ2v) is 6.18. The predicted octanol–water partition coefficient (Wildman–Crippen LogP) is 1.92. The Kier molecular flexibility index (Phi) is 2.56. The van der Waals surface area contributed by atoms with Gasteiger partial charge in [0.05, 0.1) is 0 Å². The molecule has 0 spiro atoms. The van der Waals surface area contributed by atoms with Gasteiger partial charge in [0.15, 0.2) is 0 Å². The van der Waals surface area contributed by atoms with Crippen LogP contribution in [0.15, 0.2) is 23.0 Å². The van der Waals surface area contributed by atoms with Crippen molar-refractivity contribution in [2.45, 2.75) is 37.4 Å². The molecule has 4 nitrogen and oxygen atoms in total. The van der Waals surface area contributed by atoms with Crippen LogP contribution in [0.5, 0.6) is 0 Å². The van der Waals surface area contributed by atoms with Gasteiger partial charge in [-0.25, -0.2) is 0 Å². The number of carbonyl (C=O) groups excluding carboxylic acids is 1. The van der Waals surface area contributed by atoms with Gasteiger partial charge in [0, 0.05) is 35.1 Å². The third-order valence-electron chi connectivity index (χ3n) is 4.21. The summed E-state index contributed by atoms with van der Waals surface area (Å²) in [4.78, 5) is 16.5. The van der Waals surface area contributed by atoms with Crippen LogP contribution in [0.1, 0.15) is 29.8 Å². The van der Waals surface area contributed by atoms with E-state index in [1.54, 1.807) is 17.5 Å². The fourth-order valence-electron chi connectivity index (χ4n) is 3.21. The summed E-state index contributed by atoms with van der Waals surface area (Å²) < 4.78 is 0. The highest BCUT2D eigenvalue weighted by Gasteiger charge is 2.39. The highest BCUT2D eigenvalue weighted by molar-refractivity contribution is 7.09. The molecular formula is C14H15N3OS. The van der Waals surface area contributed by atoms with E-state index in [-0.39, 0.29) is 11.9 Å². The lowest BCUT2D eigenvalue weighted by molar-refractivity contribution is 0.0926. The SMILES string of the molecule is O=C(N[C@@H]1CC2CCC1N2)c1cc2cscc2cn1. The Morgan fingerprint density at radius 1 is 1.37 bits per heavy atom. The van der Waals surface area contributed by atoms with E-state index in [0.29, 0.717) is 17.8 Å². The van der Waals surface area contributed by atoms with Gasteiger partial charge < -0.3 is 10.6 Å². The molecule has 0 radical (unpaired) electrons. The average Bonchev–Trinajstić information content (AvgIpc) is 3.13. The Balaban J connectivity index is 1.53. The maximum Gasteiger partial charge on any atom is 0.270 e. The Bertz CT molecular complexity index is 638. The number of thiophene rings is 1.